The van der Waals surface area contributed by atoms with Gasteiger partial charge in [0.25, 0.3) is 0 Å². The number of rotatable bonds is 6. The van der Waals surface area contributed by atoms with Gasteiger partial charge in [0.1, 0.15) is 22.6 Å². The molecule has 0 bridgehead atoms. The average molecular weight is 443 g/mol. The van der Waals surface area contributed by atoms with E-state index in [9.17, 15) is 4.79 Å². The summed E-state index contributed by atoms with van der Waals surface area (Å²) in [6, 6.07) is 17.8. The number of hydrogen-bond acceptors (Lipinski definition) is 7. The maximum Gasteiger partial charge on any atom is 0.239 e. The Kier molecular flexibility index (Phi) is 5.92. The quantitative estimate of drug-likeness (QED) is 0.413. The van der Waals surface area contributed by atoms with Gasteiger partial charge in [-0.15, -0.1) is 0 Å². The predicted molar refractivity (Wildman–Crippen MR) is 124 cm³/mol. The fourth-order valence-corrected chi connectivity index (χ4v) is 3.72. The van der Waals surface area contributed by atoms with Gasteiger partial charge in [0.05, 0.1) is 45.6 Å². The van der Waals surface area contributed by atoms with E-state index in [1.165, 1.54) is 21.3 Å². The lowest BCUT2D eigenvalue weighted by Crippen LogP contribution is -2.10. The molecule has 4 aromatic rings. The Labute approximate surface area is 190 Å². The molecule has 0 N–H and O–H groups in total. The van der Waals surface area contributed by atoms with E-state index in [1.54, 1.807) is 61.7 Å². The van der Waals surface area contributed by atoms with E-state index >= 15 is 0 Å². The first-order valence-electron chi connectivity index (χ1n) is 10.0. The molecule has 0 saturated carbocycles. The molecule has 3 aromatic carbocycles. The molecule has 7 nitrogen and oxygen atoms in total. The molecule has 7 heteroatoms. The molecule has 0 unspecified atom stereocenters. The van der Waals surface area contributed by atoms with Gasteiger partial charge in [-0.3, -0.25) is 4.79 Å². The van der Waals surface area contributed by atoms with Gasteiger partial charge in [-0.25, -0.2) is 0 Å². The van der Waals surface area contributed by atoms with Crippen molar-refractivity contribution in [2.75, 3.05) is 28.4 Å². The van der Waals surface area contributed by atoms with E-state index in [4.69, 9.17) is 28.6 Å². The molecule has 166 valence electrons. The topological polar surface area (TPSA) is 90.9 Å². The number of hydrogen-bond donors (Lipinski definition) is 0. The highest BCUT2D eigenvalue weighted by atomic mass is 16.5. The maximum atomic E-state index is 13.6. The van der Waals surface area contributed by atoms with Gasteiger partial charge in [0, 0.05) is 11.6 Å². The minimum absolute atomic E-state index is 0.0573. The standard InChI is InChI=1S/C26H21NO6/c1-29-18-11-9-17(10-12-18)24-26(32-4)23(28)22-20(31-3)13-19(30-2)21(25(22)33-24)16-7-5-15(14-27)6-8-16/h5-13H,1-4H3. The van der Waals surface area contributed by atoms with Crippen LogP contribution in [0.25, 0.3) is 33.4 Å². The monoisotopic (exact) mass is 443 g/mol. The summed E-state index contributed by atoms with van der Waals surface area (Å²) in [5, 5.41) is 9.39. The lowest BCUT2D eigenvalue weighted by Gasteiger charge is -2.17. The molecule has 0 spiro atoms. The van der Waals surface area contributed by atoms with Gasteiger partial charge in [-0.1, -0.05) is 12.1 Å². The van der Waals surface area contributed by atoms with Crippen LogP contribution in [-0.2, 0) is 0 Å². The van der Waals surface area contributed by atoms with Crippen molar-refractivity contribution < 1.29 is 23.4 Å². The van der Waals surface area contributed by atoms with Crippen molar-refractivity contribution in [1.82, 2.24) is 0 Å². The SMILES string of the molecule is COc1ccc(-c2oc3c(-c4ccc(C#N)cc4)c(OC)cc(OC)c3c(=O)c2OC)cc1. The molecule has 0 fully saturated rings. The van der Waals surface area contributed by atoms with Gasteiger partial charge in [-0.05, 0) is 42.0 Å². The summed E-state index contributed by atoms with van der Waals surface area (Å²) in [4.78, 5) is 13.6. The third kappa shape index (κ3) is 3.72. The summed E-state index contributed by atoms with van der Waals surface area (Å²) >= 11 is 0. The number of ether oxygens (including phenoxy) is 4. The Bertz CT molecular complexity index is 1410. The van der Waals surface area contributed by atoms with Crippen LogP contribution in [0.3, 0.4) is 0 Å². The molecule has 0 aliphatic heterocycles. The fourth-order valence-electron chi connectivity index (χ4n) is 3.72. The zero-order valence-corrected chi connectivity index (χ0v) is 18.6. The highest BCUT2D eigenvalue weighted by Crippen LogP contribution is 2.44. The van der Waals surface area contributed by atoms with Crippen molar-refractivity contribution in [1.29, 1.82) is 5.26 Å². The van der Waals surface area contributed by atoms with E-state index in [-0.39, 0.29) is 27.9 Å². The molecule has 0 amide bonds. The van der Waals surface area contributed by atoms with Crippen molar-refractivity contribution in [3.05, 3.63) is 70.4 Å². The Morgan fingerprint density at radius 3 is 1.97 bits per heavy atom. The van der Waals surface area contributed by atoms with E-state index in [0.29, 0.717) is 39.5 Å². The summed E-state index contributed by atoms with van der Waals surface area (Å²) in [7, 11) is 6.00. The Hall–Kier alpha value is -4.44. The van der Waals surface area contributed by atoms with Gasteiger partial charge in [0.2, 0.25) is 11.2 Å². The molecule has 0 saturated heterocycles. The van der Waals surface area contributed by atoms with Crippen molar-refractivity contribution in [2.24, 2.45) is 0 Å². The first kappa shape index (κ1) is 21.8. The van der Waals surface area contributed by atoms with Gasteiger partial charge < -0.3 is 23.4 Å². The van der Waals surface area contributed by atoms with Crippen LogP contribution in [0.4, 0.5) is 0 Å². The highest BCUT2D eigenvalue weighted by Gasteiger charge is 2.25. The summed E-state index contributed by atoms with van der Waals surface area (Å²) in [6.07, 6.45) is 0. The summed E-state index contributed by atoms with van der Waals surface area (Å²) in [5.74, 6) is 1.75. The number of benzene rings is 3. The first-order chi connectivity index (χ1) is 16.1. The van der Waals surface area contributed by atoms with Gasteiger partial charge in [-0.2, -0.15) is 5.26 Å². The third-order valence-electron chi connectivity index (χ3n) is 5.35. The molecule has 1 heterocycles. The molecular weight excluding hydrogens is 422 g/mol. The number of nitrogens with zero attached hydrogens (tertiary/aromatic N) is 1. The summed E-state index contributed by atoms with van der Waals surface area (Å²) in [5.41, 5.74) is 2.34. The predicted octanol–water partition coefficient (Wildman–Crippen LogP) is 5.03. The van der Waals surface area contributed by atoms with Crippen LogP contribution in [0.1, 0.15) is 5.56 Å². The Morgan fingerprint density at radius 2 is 1.42 bits per heavy atom. The molecule has 0 atom stereocenters. The smallest absolute Gasteiger partial charge is 0.239 e. The van der Waals surface area contributed by atoms with Crippen LogP contribution >= 0.6 is 0 Å². The van der Waals surface area contributed by atoms with Crippen LogP contribution in [0, 0.1) is 11.3 Å². The van der Waals surface area contributed by atoms with Crippen molar-refractivity contribution in [3.63, 3.8) is 0 Å². The van der Waals surface area contributed by atoms with Crippen molar-refractivity contribution in [3.8, 4) is 51.5 Å². The second-order valence-corrected chi connectivity index (χ2v) is 7.07. The zero-order chi connectivity index (χ0) is 23.5. The normalized spacial score (nSPS) is 10.5. The minimum atomic E-state index is -0.376. The zero-order valence-electron chi connectivity index (χ0n) is 18.6. The Balaban J connectivity index is 2.13. The largest absolute Gasteiger partial charge is 0.497 e. The minimum Gasteiger partial charge on any atom is -0.497 e. The van der Waals surface area contributed by atoms with Crippen LogP contribution in [0.15, 0.2) is 63.8 Å². The van der Waals surface area contributed by atoms with E-state index in [0.717, 1.165) is 0 Å². The fraction of sp³-hybridized carbons (Fsp3) is 0.154. The average Bonchev–Trinajstić information content (AvgIpc) is 2.87. The van der Waals surface area contributed by atoms with Crippen LogP contribution < -0.4 is 24.4 Å². The molecule has 33 heavy (non-hydrogen) atoms. The second kappa shape index (κ2) is 8.97. The van der Waals surface area contributed by atoms with Crippen LogP contribution in [-0.4, -0.2) is 28.4 Å². The molecule has 4 rings (SSSR count). The highest BCUT2D eigenvalue weighted by molar-refractivity contribution is 6.00. The molecule has 0 radical (unpaired) electrons. The second-order valence-electron chi connectivity index (χ2n) is 7.07. The third-order valence-corrected chi connectivity index (χ3v) is 5.35. The van der Waals surface area contributed by atoms with Crippen LogP contribution in [0.2, 0.25) is 0 Å². The first-order valence-corrected chi connectivity index (χ1v) is 10.0. The van der Waals surface area contributed by atoms with E-state index in [2.05, 4.69) is 6.07 Å². The van der Waals surface area contributed by atoms with Gasteiger partial charge in [0.15, 0.2) is 11.3 Å². The molecule has 0 aliphatic rings. The van der Waals surface area contributed by atoms with Gasteiger partial charge >= 0.3 is 0 Å². The van der Waals surface area contributed by atoms with Crippen LogP contribution in [0.5, 0.6) is 23.0 Å². The number of methoxy groups -OCH3 is 4. The molecule has 1 aromatic heterocycles. The lowest BCUT2D eigenvalue weighted by atomic mass is 9.99. The Morgan fingerprint density at radius 1 is 0.788 bits per heavy atom. The van der Waals surface area contributed by atoms with E-state index in [1.807, 2.05) is 0 Å². The van der Waals surface area contributed by atoms with Crippen molar-refractivity contribution in [2.45, 2.75) is 0 Å². The maximum absolute atomic E-state index is 13.6. The molecule has 0 aliphatic carbocycles. The number of nitriles is 1. The van der Waals surface area contributed by atoms with Crippen molar-refractivity contribution >= 4 is 11.0 Å². The summed E-state index contributed by atoms with van der Waals surface area (Å²) in [6.45, 7) is 0. The molecular formula is C26H21NO6. The summed E-state index contributed by atoms with van der Waals surface area (Å²) < 4.78 is 28.2. The van der Waals surface area contributed by atoms with E-state index < -0.39 is 0 Å². The lowest BCUT2D eigenvalue weighted by molar-refractivity contribution is 0.389. The number of fused-ring (bicyclic) bond motifs is 1.